The van der Waals surface area contributed by atoms with E-state index >= 15 is 0 Å². The van der Waals surface area contributed by atoms with Crippen molar-refractivity contribution in [1.29, 1.82) is 0 Å². The summed E-state index contributed by atoms with van der Waals surface area (Å²) in [6.45, 7) is 4.62. The molecule has 0 bridgehead atoms. The maximum Gasteiger partial charge on any atom is 0.337 e. The van der Waals surface area contributed by atoms with E-state index in [-0.39, 0.29) is 11.5 Å². The van der Waals surface area contributed by atoms with E-state index < -0.39 is 5.97 Å². The van der Waals surface area contributed by atoms with Gasteiger partial charge in [-0.25, -0.2) is 4.79 Å². The van der Waals surface area contributed by atoms with Crippen molar-refractivity contribution in [2.75, 3.05) is 41.3 Å². The number of rotatable bonds is 5. The van der Waals surface area contributed by atoms with Crippen LogP contribution < -0.4 is 15.1 Å². The molecule has 2 aromatic rings. The maximum absolute atomic E-state index is 11.7. The number of carboxylic acid groups (broad SMARTS) is 1. The fraction of sp³-hybridized carbons (Fsp3) is 0.300. The second kappa shape index (κ2) is 8.31. The molecule has 0 spiro atoms. The summed E-state index contributed by atoms with van der Waals surface area (Å²) in [4.78, 5) is 27.6. The van der Waals surface area contributed by atoms with Gasteiger partial charge in [-0.15, -0.1) is 0 Å². The molecule has 2 N–H and O–H groups in total. The Morgan fingerprint density at radius 2 is 1.67 bits per heavy atom. The lowest BCUT2D eigenvalue weighted by Gasteiger charge is -2.38. The Balaban J connectivity index is 1.76. The lowest BCUT2D eigenvalue weighted by atomic mass is 10.1. The quantitative estimate of drug-likeness (QED) is 0.818. The molecular weight excluding hydrogens is 366 g/mol. The highest BCUT2D eigenvalue weighted by atomic mass is 35.5. The maximum atomic E-state index is 11.7. The van der Waals surface area contributed by atoms with Crippen molar-refractivity contribution in [2.45, 2.75) is 13.3 Å². The lowest BCUT2D eigenvalue weighted by molar-refractivity contribution is -0.115. The molecule has 27 heavy (non-hydrogen) atoms. The van der Waals surface area contributed by atoms with Gasteiger partial charge in [0.25, 0.3) is 0 Å². The molecule has 1 saturated heterocycles. The predicted molar refractivity (Wildman–Crippen MR) is 108 cm³/mol. The van der Waals surface area contributed by atoms with Crippen molar-refractivity contribution in [2.24, 2.45) is 0 Å². The summed E-state index contributed by atoms with van der Waals surface area (Å²) in [7, 11) is 0. The van der Waals surface area contributed by atoms with Gasteiger partial charge in [0.1, 0.15) is 0 Å². The number of halogens is 1. The van der Waals surface area contributed by atoms with E-state index in [1.807, 2.05) is 24.3 Å². The molecule has 1 aliphatic heterocycles. The Morgan fingerprint density at radius 1 is 1.04 bits per heavy atom. The van der Waals surface area contributed by atoms with Gasteiger partial charge >= 0.3 is 5.97 Å². The van der Waals surface area contributed by atoms with Crippen LogP contribution in [-0.4, -0.2) is 43.2 Å². The predicted octanol–water partition coefficient (Wildman–Crippen LogP) is 3.71. The summed E-state index contributed by atoms with van der Waals surface area (Å²) in [6.07, 6.45) is 0.341. The molecule has 142 valence electrons. The SMILES string of the molecule is CCC(=O)Nc1ccc(N2CCN(c3ccccc3Cl)CC2)c(C(=O)O)c1. The molecule has 0 radical (unpaired) electrons. The minimum Gasteiger partial charge on any atom is -0.478 e. The zero-order valence-electron chi connectivity index (χ0n) is 15.1. The fourth-order valence-electron chi connectivity index (χ4n) is 3.21. The van der Waals surface area contributed by atoms with Gasteiger partial charge in [0.2, 0.25) is 5.91 Å². The number of hydrogen-bond donors (Lipinski definition) is 2. The number of para-hydroxylation sites is 1. The highest BCUT2D eigenvalue weighted by Crippen LogP contribution is 2.29. The smallest absolute Gasteiger partial charge is 0.337 e. The van der Waals surface area contributed by atoms with E-state index in [4.69, 9.17) is 11.6 Å². The Morgan fingerprint density at radius 3 is 2.26 bits per heavy atom. The van der Waals surface area contributed by atoms with Crippen molar-refractivity contribution >= 4 is 40.5 Å². The number of piperazine rings is 1. The van der Waals surface area contributed by atoms with Crippen molar-refractivity contribution in [3.63, 3.8) is 0 Å². The second-order valence-corrected chi connectivity index (χ2v) is 6.77. The van der Waals surface area contributed by atoms with Gasteiger partial charge in [0.05, 0.1) is 22.0 Å². The number of benzene rings is 2. The number of aromatic carboxylic acids is 1. The molecule has 1 fully saturated rings. The number of amides is 1. The van der Waals surface area contributed by atoms with Gasteiger partial charge in [0, 0.05) is 38.3 Å². The van der Waals surface area contributed by atoms with Crippen molar-refractivity contribution in [3.8, 4) is 0 Å². The van der Waals surface area contributed by atoms with Gasteiger partial charge in [-0.2, -0.15) is 0 Å². The average Bonchev–Trinajstić information content (AvgIpc) is 2.68. The zero-order chi connectivity index (χ0) is 19.4. The third kappa shape index (κ3) is 4.34. The zero-order valence-corrected chi connectivity index (χ0v) is 15.9. The standard InChI is InChI=1S/C20H22ClN3O3/c1-2-19(25)22-14-7-8-17(15(13-14)20(26)27)23-9-11-24(12-10-23)18-6-4-3-5-16(18)21/h3-8,13H,2,9-12H2,1H3,(H,22,25)(H,26,27). The van der Waals surface area contributed by atoms with E-state index in [2.05, 4.69) is 15.1 Å². The van der Waals surface area contributed by atoms with Crippen LogP contribution in [0.3, 0.4) is 0 Å². The molecule has 3 rings (SSSR count). The number of carboxylic acids is 1. The van der Waals surface area contributed by atoms with Gasteiger partial charge in [0.15, 0.2) is 0 Å². The summed E-state index contributed by atoms with van der Waals surface area (Å²) >= 11 is 6.28. The highest BCUT2D eigenvalue weighted by molar-refractivity contribution is 6.33. The molecule has 1 aliphatic rings. The molecule has 7 heteroatoms. The number of hydrogen-bond acceptors (Lipinski definition) is 4. The monoisotopic (exact) mass is 387 g/mol. The number of carbonyl (C=O) groups excluding carboxylic acids is 1. The van der Waals surface area contributed by atoms with Crippen LogP contribution in [0.5, 0.6) is 0 Å². The van der Waals surface area contributed by atoms with Crippen molar-refractivity contribution < 1.29 is 14.7 Å². The molecule has 1 amide bonds. The summed E-state index contributed by atoms with van der Waals surface area (Å²) in [5.74, 6) is -1.15. The van der Waals surface area contributed by atoms with Crippen LogP contribution in [0.4, 0.5) is 17.1 Å². The summed E-state index contributed by atoms with van der Waals surface area (Å²) in [6, 6.07) is 12.8. The average molecular weight is 388 g/mol. The lowest BCUT2D eigenvalue weighted by Crippen LogP contribution is -2.47. The molecule has 0 aromatic heterocycles. The third-order valence-electron chi connectivity index (χ3n) is 4.65. The van der Waals surface area contributed by atoms with Crippen LogP contribution in [0, 0.1) is 0 Å². The first-order valence-electron chi connectivity index (χ1n) is 8.91. The van der Waals surface area contributed by atoms with E-state index in [9.17, 15) is 14.7 Å². The number of anilines is 3. The Kier molecular flexibility index (Phi) is 5.86. The van der Waals surface area contributed by atoms with E-state index in [0.717, 1.165) is 18.8 Å². The summed E-state index contributed by atoms with van der Waals surface area (Å²) < 4.78 is 0. The number of carbonyl (C=O) groups is 2. The molecule has 1 heterocycles. The van der Waals surface area contributed by atoms with Crippen LogP contribution in [-0.2, 0) is 4.79 Å². The van der Waals surface area contributed by atoms with Crippen molar-refractivity contribution in [3.05, 3.63) is 53.1 Å². The molecule has 0 aliphatic carbocycles. The first kappa shape index (κ1) is 19.0. The molecular formula is C20H22ClN3O3. The van der Waals surface area contributed by atoms with Crippen LogP contribution in [0.25, 0.3) is 0 Å². The number of nitrogens with zero attached hydrogens (tertiary/aromatic N) is 2. The largest absolute Gasteiger partial charge is 0.478 e. The molecule has 2 aromatic carbocycles. The highest BCUT2D eigenvalue weighted by Gasteiger charge is 2.23. The second-order valence-electron chi connectivity index (χ2n) is 6.36. The normalized spacial score (nSPS) is 14.1. The minimum atomic E-state index is -1.01. The van der Waals surface area contributed by atoms with Crippen LogP contribution >= 0.6 is 11.6 Å². The van der Waals surface area contributed by atoms with Gasteiger partial charge in [-0.05, 0) is 30.3 Å². The third-order valence-corrected chi connectivity index (χ3v) is 4.96. The fourth-order valence-corrected chi connectivity index (χ4v) is 3.46. The molecule has 0 atom stereocenters. The van der Waals surface area contributed by atoms with Crippen LogP contribution in [0.15, 0.2) is 42.5 Å². The molecule has 0 unspecified atom stereocenters. The minimum absolute atomic E-state index is 0.146. The Bertz CT molecular complexity index is 848. The molecule has 0 saturated carbocycles. The van der Waals surface area contributed by atoms with Crippen LogP contribution in [0.1, 0.15) is 23.7 Å². The van der Waals surface area contributed by atoms with Gasteiger partial charge in [-0.1, -0.05) is 30.7 Å². The summed E-state index contributed by atoms with van der Waals surface area (Å²) in [5, 5.41) is 13.0. The van der Waals surface area contributed by atoms with Crippen LogP contribution in [0.2, 0.25) is 5.02 Å². The van der Waals surface area contributed by atoms with E-state index in [0.29, 0.717) is 35.9 Å². The van der Waals surface area contributed by atoms with Crippen molar-refractivity contribution in [1.82, 2.24) is 0 Å². The first-order chi connectivity index (χ1) is 13.0. The number of nitrogens with one attached hydrogen (secondary N) is 1. The molecule has 6 nitrogen and oxygen atoms in total. The van der Waals surface area contributed by atoms with E-state index in [1.54, 1.807) is 19.1 Å². The summed E-state index contributed by atoms with van der Waals surface area (Å²) in [5.41, 5.74) is 2.35. The first-order valence-corrected chi connectivity index (χ1v) is 9.29. The van der Waals surface area contributed by atoms with Gasteiger partial charge in [-0.3, -0.25) is 4.79 Å². The topological polar surface area (TPSA) is 72.9 Å². The van der Waals surface area contributed by atoms with E-state index in [1.165, 1.54) is 6.07 Å². The Labute approximate surface area is 163 Å². The van der Waals surface area contributed by atoms with Gasteiger partial charge < -0.3 is 20.2 Å². The Hall–Kier alpha value is -2.73.